The van der Waals surface area contributed by atoms with Crippen LogP contribution in [0.1, 0.15) is 64.5 Å². The van der Waals surface area contributed by atoms with Crippen molar-refractivity contribution in [2.75, 3.05) is 13.2 Å². The summed E-state index contributed by atoms with van der Waals surface area (Å²) in [6.07, 6.45) is 0.478. The number of carbonyl (C=O) groups is 5. The van der Waals surface area contributed by atoms with Crippen LogP contribution in [0, 0.1) is 11.8 Å². The zero-order chi connectivity index (χ0) is 30.8. The number of hydrogen-bond donors (Lipinski definition) is 4. The van der Waals surface area contributed by atoms with Crippen molar-refractivity contribution in [2.45, 2.75) is 71.5 Å². The topological polar surface area (TPSA) is 143 Å². The molecule has 4 N–H and O–H groups in total. The number of aldehydes is 1. The summed E-state index contributed by atoms with van der Waals surface area (Å²) >= 11 is 0. The van der Waals surface area contributed by atoms with Gasteiger partial charge < -0.3 is 30.8 Å². The lowest BCUT2D eigenvalue weighted by Gasteiger charge is -2.26. The van der Waals surface area contributed by atoms with Crippen LogP contribution >= 0.6 is 0 Å². The number of nitrogens with one attached hydrogen (secondary N) is 4. The highest BCUT2D eigenvalue weighted by Crippen LogP contribution is 2.44. The van der Waals surface area contributed by atoms with Crippen molar-refractivity contribution >= 4 is 30.1 Å². The molecule has 0 bridgehead atoms. The highest BCUT2D eigenvalue weighted by Gasteiger charge is 2.32. The third kappa shape index (κ3) is 8.64. The van der Waals surface area contributed by atoms with E-state index in [9.17, 15) is 24.0 Å². The van der Waals surface area contributed by atoms with E-state index in [0.29, 0.717) is 19.1 Å². The molecule has 3 atom stereocenters. The van der Waals surface area contributed by atoms with E-state index in [0.717, 1.165) is 22.3 Å². The Labute approximate surface area is 247 Å². The minimum atomic E-state index is -0.934. The van der Waals surface area contributed by atoms with E-state index < -0.39 is 41.9 Å². The molecule has 0 aromatic heterocycles. The van der Waals surface area contributed by atoms with Crippen LogP contribution in [-0.4, -0.2) is 61.4 Å². The Kier molecular flexibility index (Phi) is 11.6. The summed E-state index contributed by atoms with van der Waals surface area (Å²) in [6, 6.07) is 13.3. The molecule has 1 aliphatic rings. The van der Waals surface area contributed by atoms with Gasteiger partial charge in [0.1, 0.15) is 31.0 Å². The summed E-state index contributed by atoms with van der Waals surface area (Å²) < 4.78 is 5.65. The van der Waals surface area contributed by atoms with Gasteiger partial charge in [0.25, 0.3) is 0 Å². The minimum Gasteiger partial charge on any atom is -0.449 e. The van der Waals surface area contributed by atoms with Gasteiger partial charge in [-0.05, 0) is 53.9 Å². The van der Waals surface area contributed by atoms with Gasteiger partial charge in [-0.2, -0.15) is 0 Å². The second-order valence-electron chi connectivity index (χ2n) is 11.5. The molecule has 0 saturated heterocycles. The Balaban J connectivity index is 1.66. The third-order valence-electron chi connectivity index (χ3n) is 7.11. The molecule has 0 unspecified atom stereocenters. The zero-order valence-corrected chi connectivity index (χ0v) is 24.9. The number of carbonyl (C=O) groups excluding carboxylic acids is 5. The maximum absolute atomic E-state index is 13.4. The lowest BCUT2D eigenvalue weighted by molar-refractivity contribution is -0.133. The van der Waals surface area contributed by atoms with Crippen molar-refractivity contribution in [1.29, 1.82) is 0 Å². The second-order valence-corrected chi connectivity index (χ2v) is 11.5. The van der Waals surface area contributed by atoms with E-state index in [4.69, 9.17) is 4.74 Å². The standard InChI is InChI=1S/C32H42N4O6/c1-19(2)16-27(30(39)34-21(5)29(38)33-14-15-37)35-31(40)28(17-20(3)4)36-32(41)42-18-26-24-12-8-6-10-22(24)23-11-7-9-13-25(23)26/h6-13,15,19-21,26-28H,14,16-18H2,1-5H3,(H,33,38)(H,34,39)(H,35,40)(H,36,41)/t21-,27-,28-/m0/s1. The van der Waals surface area contributed by atoms with Gasteiger partial charge in [-0.15, -0.1) is 0 Å². The van der Waals surface area contributed by atoms with Crippen LogP contribution in [0.15, 0.2) is 48.5 Å². The zero-order valence-electron chi connectivity index (χ0n) is 24.9. The lowest BCUT2D eigenvalue weighted by atomic mass is 9.98. The quantitative estimate of drug-likeness (QED) is 0.254. The summed E-state index contributed by atoms with van der Waals surface area (Å²) in [4.78, 5) is 62.0. The van der Waals surface area contributed by atoms with Gasteiger partial charge in [0.15, 0.2) is 0 Å². The molecule has 4 amide bonds. The largest absolute Gasteiger partial charge is 0.449 e. The maximum Gasteiger partial charge on any atom is 0.407 e. The highest BCUT2D eigenvalue weighted by atomic mass is 16.5. The third-order valence-corrected chi connectivity index (χ3v) is 7.11. The molecule has 0 saturated carbocycles. The first-order valence-corrected chi connectivity index (χ1v) is 14.4. The molecular formula is C32H42N4O6. The normalized spacial score (nSPS) is 14.3. The van der Waals surface area contributed by atoms with Crippen LogP contribution < -0.4 is 21.3 Å². The predicted molar refractivity (Wildman–Crippen MR) is 160 cm³/mol. The summed E-state index contributed by atoms with van der Waals surface area (Å²) in [6.45, 7) is 9.12. The SMILES string of the molecule is CC(C)C[C@H](NC(=O)OCC1c2ccccc2-c2ccccc21)C(=O)N[C@@H](CC(C)C)C(=O)N[C@@H](C)C(=O)NCC=O. The molecule has 0 heterocycles. The number of amides is 4. The van der Waals surface area contributed by atoms with Crippen molar-refractivity contribution in [1.82, 2.24) is 21.3 Å². The van der Waals surface area contributed by atoms with Crippen molar-refractivity contribution in [3.05, 3.63) is 59.7 Å². The molecule has 0 spiro atoms. The number of ether oxygens (including phenoxy) is 1. The van der Waals surface area contributed by atoms with Gasteiger partial charge in [0.05, 0.1) is 6.54 Å². The molecule has 3 rings (SSSR count). The van der Waals surface area contributed by atoms with Crippen molar-refractivity contribution < 1.29 is 28.7 Å². The summed E-state index contributed by atoms with van der Waals surface area (Å²) in [5.41, 5.74) is 4.40. The minimum absolute atomic E-state index is 0.0545. The van der Waals surface area contributed by atoms with Gasteiger partial charge in [-0.3, -0.25) is 14.4 Å². The van der Waals surface area contributed by atoms with Crippen LogP contribution in [-0.2, 0) is 23.9 Å². The molecule has 10 nitrogen and oxygen atoms in total. The average Bonchev–Trinajstić information content (AvgIpc) is 3.27. The van der Waals surface area contributed by atoms with Gasteiger partial charge in [-0.25, -0.2) is 4.79 Å². The van der Waals surface area contributed by atoms with Crippen LogP contribution in [0.2, 0.25) is 0 Å². The van der Waals surface area contributed by atoms with Gasteiger partial charge in [0, 0.05) is 5.92 Å². The van der Waals surface area contributed by atoms with Crippen LogP contribution in [0.3, 0.4) is 0 Å². The first-order chi connectivity index (χ1) is 20.0. The van der Waals surface area contributed by atoms with E-state index >= 15 is 0 Å². The molecule has 2 aromatic carbocycles. The van der Waals surface area contributed by atoms with Crippen molar-refractivity contribution in [3.8, 4) is 11.1 Å². The summed E-state index contributed by atoms with van der Waals surface area (Å²) in [5, 5.41) is 10.4. The predicted octanol–water partition coefficient (Wildman–Crippen LogP) is 3.29. The molecule has 0 aliphatic heterocycles. The van der Waals surface area contributed by atoms with Gasteiger partial charge >= 0.3 is 6.09 Å². The van der Waals surface area contributed by atoms with Crippen molar-refractivity contribution in [3.63, 3.8) is 0 Å². The fourth-order valence-electron chi connectivity index (χ4n) is 5.14. The summed E-state index contributed by atoms with van der Waals surface area (Å²) in [7, 11) is 0. The number of benzene rings is 2. The molecule has 10 heteroatoms. The Bertz CT molecular complexity index is 1230. The van der Waals surface area contributed by atoms with Crippen LogP contribution in [0.25, 0.3) is 11.1 Å². The molecule has 42 heavy (non-hydrogen) atoms. The molecular weight excluding hydrogens is 536 g/mol. The molecule has 0 radical (unpaired) electrons. The first kappa shape index (κ1) is 32.3. The Morgan fingerprint density at radius 1 is 0.738 bits per heavy atom. The smallest absolute Gasteiger partial charge is 0.407 e. The second kappa shape index (κ2) is 15.1. The molecule has 0 fully saturated rings. The van der Waals surface area contributed by atoms with E-state index in [1.807, 2.05) is 64.1 Å². The average molecular weight is 579 g/mol. The molecule has 2 aromatic rings. The van der Waals surface area contributed by atoms with E-state index in [1.165, 1.54) is 6.92 Å². The number of rotatable bonds is 14. The summed E-state index contributed by atoms with van der Waals surface area (Å²) in [5.74, 6) is -1.57. The van der Waals surface area contributed by atoms with Crippen molar-refractivity contribution in [2.24, 2.45) is 11.8 Å². The number of hydrogen-bond acceptors (Lipinski definition) is 6. The highest BCUT2D eigenvalue weighted by molar-refractivity contribution is 5.94. The van der Waals surface area contributed by atoms with E-state index in [1.54, 1.807) is 0 Å². The Hall–Kier alpha value is -4.21. The molecule has 226 valence electrons. The number of fused-ring (bicyclic) bond motifs is 3. The van der Waals surface area contributed by atoms with Gasteiger partial charge in [-0.1, -0.05) is 76.2 Å². The fraction of sp³-hybridized carbons (Fsp3) is 0.469. The van der Waals surface area contributed by atoms with Crippen LogP contribution in [0.5, 0.6) is 0 Å². The Morgan fingerprint density at radius 2 is 1.24 bits per heavy atom. The van der Waals surface area contributed by atoms with Gasteiger partial charge in [0.2, 0.25) is 17.7 Å². The fourth-order valence-corrected chi connectivity index (χ4v) is 5.14. The van der Waals surface area contributed by atoms with Crippen LogP contribution in [0.4, 0.5) is 4.79 Å². The Morgan fingerprint density at radius 3 is 1.76 bits per heavy atom. The maximum atomic E-state index is 13.4. The molecule has 1 aliphatic carbocycles. The van der Waals surface area contributed by atoms with E-state index in [-0.39, 0.29) is 30.9 Å². The number of alkyl carbamates (subject to hydrolysis) is 1. The lowest BCUT2D eigenvalue weighted by Crippen LogP contribution is -2.56. The monoisotopic (exact) mass is 578 g/mol. The van der Waals surface area contributed by atoms with E-state index in [2.05, 4.69) is 33.4 Å². The first-order valence-electron chi connectivity index (χ1n) is 14.4.